The van der Waals surface area contributed by atoms with E-state index in [0.29, 0.717) is 12.4 Å². The zero-order valence-corrected chi connectivity index (χ0v) is 20.3. The van der Waals surface area contributed by atoms with Gasteiger partial charge in [-0.15, -0.1) is 10.2 Å². The molecule has 1 saturated heterocycles. The van der Waals surface area contributed by atoms with Gasteiger partial charge in [-0.1, -0.05) is 31.0 Å². The van der Waals surface area contributed by atoms with E-state index in [4.69, 9.17) is 15.2 Å². The summed E-state index contributed by atoms with van der Waals surface area (Å²) in [4.78, 5) is 4.41. The standard InChI is InChI=1S/C21H32N6O2SSi/c1-31(2,3)10-9-28-14-24-21(7-6-17-18(25-21)11-15(22)13-23-17)20-27-26-19(30-20)12-16-5-4-8-29-16/h6-7,11,13,16,24-25H,4-5,8-10,12,14,22H2,1-3H3. The minimum Gasteiger partial charge on any atom is -0.397 e. The van der Waals surface area contributed by atoms with Gasteiger partial charge in [0.15, 0.2) is 10.7 Å². The molecule has 2 aromatic rings. The van der Waals surface area contributed by atoms with Crippen molar-refractivity contribution in [3.8, 4) is 0 Å². The summed E-state index contributed by atoms with van der Waals surface area (Å²) in [7, 11) is -1.13. The Morgan fingerprint density at radius 2 is 2.26 bits per heavy atom. The molecule has 31 heavy (non-hydrogen) atoms. The SMILES string of the molecule is C[Si](C)(C)CCOCNC1(c2nnc(CC3CCCO3)s2)C=Cc2ncc(N)cc2N1. The topological polar surface area (TPSA) is 107 Å². The van der Waals surface area contributed by atoms with Gasteiger partial charge in [-0.25, -0.2) is 0 Å². The predicted molar refractivity (Wildman–Crippen MR) is 128 cm³/mol. The highest BCUT2D eigenvalue weighted by molar-refractivity contribution is 7.11. The molecule has 0 amide bonds. The molecule has 0 spiro atoms. The second-order valence-corrected chi connectivity index (χ2v) is 16.0. The maximum atomic E-state index is 5.98. The maximum absolute atomic E-state index is 5.98. The lowest BCUT2D eigenvalue weighted by atomic mass is 10.0. The number of fused-ring (bicyclic) bond motifs is 1. The smallest absolute Gasteiger partial charge is 0.165 e. The zero-order chi connectivity index (χ0) is 21.9. The van der Waals surface area contributed by atoms with E-state index < -0.39 is 13.7 Å². The highest BCUT2D eigenvalue weighted by atomic mass is 32.1. The molecule has 0 aromatic carbocycles. The van der Waals surface area contributed by atoms with E-state index >= 15 is 0 Å². The van der Waals surface area contributed by atoms with Crippen LogP contribution in [-0.2, 0) is 21.6 Å². The number of ether oxygens (including phenoxy) is 2. The van der Waals surface area contributed by atoms with Crippen molar-refractivity contribution < 1.29 is 9.47 Å². The highest BCUT2D eigenvalue weighted by Gasteiger charge is 2.36. The fourth-order valence-electron chi connectivity index (χ4n) is 3.60. The van der Waals surface area contributed by atoms with Crippen LogP contribution in [-0.4, -0.2) is 49.3 Å². The van der Waals surface area contributed by atoms with Crippen molar-refractivity contribution in [1.29, 1.82) is 0 Å². The summed E-state index contributed by atoms with van der Waals surface area (Å²) in [6.45, 7) is 9.03. The molecule has 2 aliphatic heterocycles. The summed E-state index contributed by atoms with van der Waals surface area (Å²) in [5, 5.41) is 17.8. The number of anilines is 2. The molecule has 0 bridgehead atoms. The van der Waals surface area contributed by atoms with E-state index in [1.165, 1.54) is 0 Å². The van der Waals surface area contributed by atoms with Gasteiger partial charge in [0.25, 0.3) is 0 Å². The van der Waals surface area contributed by atoms with Gasteiger partial charge in [-0.3, -0.25) is 10.3 Å². The predicted octanol–water partition coefficient (Wildman–Crippen LogP) is 3.43. The summed E-state index contributed by atoms with van der Waals surface area (Å²) >= 11 is 1.59. The van der Waals surface area contributed by atoms with Gasteiger partial charge in [0, 0.05) is 27.7 Å². The van der Waals surface area contributed by atoms with Gasteiger partial charge in [-0.05, 0) is 37.1 Å². The Balaban J connectivity index is 1.51. The van der Waals surface area contributed by atoms with E-state index in [1.54, 1.807) is 17.5 Å². The van der Waals surface area contributed by atoms with Crippen LogP contribution in [0.1, 0.15) is 28.6 Å². The largest absolute Gasteiger partial charge is 0.397 e. The summed E-state index contributed by atoms with van der Waals surface area (Å²) in [6, 6.07) is 3.02. The molecule has 10 heteroatoms. The van der Waals surface area contributed by atoms with Gasteiger partial charge < -0.3 is 20.5 Å². The van der Waals surface area contributed by atoms with Crippen molar-refractivity contribution in [2.75, 3.05) is 31.0 Å². The minimum atomic E-state index is -1.13. The second-order valence-electron chi connectivity index (χ2n) is 9.35. The molecule has 2 atom stereocenters. The summed E-state index contributed by atoms with van der Waals surface area (Å²) in [5.41, 5.74) is 7.56. The number of nitrogens with two attached hydrogens (primary N) is 1. The number of pyridine rings is 1. The highest BCUT2D eigenvalue weighted by Crippen LogP contribution is 2.35. The number of hydrogen-bond donors (Lipinski definition) is 3. The maximum Gasteiger partial charge on any atom is 0.165 e. The molecule has 168 valence electrons. The molecule has 2 aromatic heterocycles. The van der Waals surface area contributed by atoms with Crippen molar-refractivity contribution in [2.24, 2.45) is 0 Å². The Labute approximate surface area is 188 Å². The van der Waals surface area contributed by atoms with Crippen molar-refractivity contribution >= 4 is 36.9 Å². The third-order valence-electron chi connectivity index (χ3n) is 5.44. The normalized spacial score (nSPS) is 23.0. The average Bonchev–Trinajstić information content (AvgIpc) is 3.39. The van der Waals surface area contributed by atoms with Gasteiger partial charge in [-0.2, -0.15) is 0 Å². The fraction of sp³-hybridized carbons (Fsp3) is 0.571. The molecule has 2 aliphatic rings. The van der Waals surface area contributed by atoms with Crippen LogP contribution in [0, 0.1) is 0 Å². The Hall–Kier alpha value is -1.85. The third-order valence-corrected chi connectivity index (χ3v) is 8.23. The van der Waals surface area contributed by atoms with E-state index in [9.17, 15) is 0 Å². The van der Waals surface area contributed by atoms with Gasteiger partial charge in [0.2, 0.25) is 0 Å². The van der Waals surface area contributed by atoms with Crippen LogP contribution in [0.5, 0.6) is 0 Å². The first-order valence-corrected chi connectivity index (χ1v) is 15.4. The van der Waals surface area contributed by atoms with Crippen LogP contribution in [0.2, 0.25) is 25.7 Å². The van der Waals surface area contributed by atoms with Crippen LogP contribution in [0.15, 0.2) is 18.3 Å². The minimum absolute atomic E-state index is 0.245. The van der Waals surface area contributed by atoms with Crippen LogP contribution in [0.4, 0.5) is 11.4 Å². The molecule has 8 nitrogen and oxygen atoms in total. The van der Waals surface area contributed by atoms with Crippen LogP contribution < -0.4 is 16.4 Å². The Morgan fingerprint density at radius 1 is 1.39 bits per heavy atom. The van der Waals surface area contributed by atoms with Crippen molar-refractivity contribution in [2.45, 2.75) is 56.7 Å². The van der Waals surface area contributed by atoms with E-state index in [-0.39, 0.29) is 6.10 Å². The zero-order valence-electron chi connectivity index (χ0n) is 18.5. The Morgan fingerprint density at radius 3 is 3.03 bits per heavy atom. The molecule has 4 rings (SSSR count). The van der Waals surface area contributed by atoms with Crippen LogP contribution in [0.3, 0.4) is 0 Å². The first-order valence-electron chi connectivity index (χ1n) is 10.8. The molecule has 2 unspecified atom stereocenters. The van der Waals surface area contributed by atoms with Gasteiger partial charge in [0.05, 0.1) is 36.1 Å². The average molecular weight is 461 g/mol. The first-order chi connectivity index (χ1) is 14.8. The number of nitrogens with one attached hydrogen (secondary N) is 2. The van der Waals surface area contributed by atoms with E-state index in [2.05, 4.69) is 45.5 Å². The molecule has 0 aliphatic carbocycles. The third kappa shape index (κ3) is 5.69. The van der Waals surface area contributed by atoms with E-state index in [0.717, 1.165) is 59.9 Å². The lowest BCUT2D eigenvalue weighted by Gasteiger charge is -2.34. The Bertz CT molecular complexity index is 925. The van der Waals surface area contributed by atoms with E-state index in [1.807, 2.05) is 18.2 Å². The number of hydrogen-bond acceptors (Lipinski definition) is 9. The molecule has 4 N–H and O–H groups in total. The number of nitrogen functional groups attached to an aromatic ring is 1. The quantitative estimate of drug-likeness (QED) is 0.297. The molecule has 1 fully saturated rings. The number of rotatable bonds is 9. The lowest BCUT2D eigenvalue weighted by molar-refractivity contribution is 0.111. The summed E-state index contributed by atoms with van der Waals surface area (Å²) in [6.07, 6.45) is 8.93. The van der Waals surface area contributed by atoms with Crippen LogP contribution in [0.25, 0.3) is 6.08 Å². The monoisotopic (exact) mass is 460 g/mol. The lowest BCUT2D eigenvalue weighted by Crippen LogP contribution is -2.49. The number of aromatic nitrogens is 3. The summed E-state index contributed by atoms with van der Waals surface area (Å²) in [5.74, 6) is 0. The van der Waals surface area contributed by atoms with Crippen LogP contribution >= 0.6 is 11.3 Å². The van der Waals surface area contributed by atoms with Crippen molar-refractivity contribution in [3.63, 3.8) is 0 Å². The summed E-state index contributed by atoms with van der Waals surface area (Å²) < 4.78 is 11.7. The van der Waals surface area contributed by atoms with Crippen molar-refractivity contribution in [3.05, 3.63) is 34.0 Å². The Kier molecular flexibility index (Phi) is 6.73. The molecule has 4 heterocycles. The molecule has 0 radical (unpaired) electrons. The first kappa shape index (κ1) is 22.3. The molecule has 0 saturated carbocycles. The molecular weight excluding hydrogens is 428 g/mol. The van der Waals surface area contributed by atoms with Gasteiger partial charge >= 0.3 is 0 Å². The fourth-order valence-corrected chi connectivity index (χ4v) is 5.36. The number of nitrogens with zero attached hydrogens (tertiary/aromatic N) is 3. The van der Waals surface area contributed by atoms with Crippen molar-refractivity contribution in [1.82, 2.24) is 20.5 Å². The second kappa shape index (κ2) is 9.33. The van der Waals surface area contributed by atoms with Gasteiger partial charge in [0.1, 0.15) is 5.01 Å². The molecular formula is C21H32N6O2SSi.